The van der Waals surface area contributed by atoms with Crippen molar-refractivity contribution in [1.82, 2.24) is 4.90 Å². The third-order valence-electron chi connectivity index (χ3n) is 4.83. The van der Waals surface area contributed by atoms with Gasteiger partial charge in [0.05, 0.1) is 24.2 Å². The van der Waals surface area contributed by atoms with Crippen LogP contribution in [0.15, 0.2) is 66.0 Å². The topological polar surface area (TPSA) is 56.1 Å². The van der Waals surface area contributed by atoms with Gasteiger partial charge < -0.3 is 5.32 Å². The molecular formula is C22H19N3OS. The van der Waals surface area contributed by atoms with Crippen molar-refractivity contribution in [2.45, 2.75) is 12.5 Å². The Kier molecular flexibility index (Phi) is 5.01. The third-order valence-corrected chi connectivity index (χ3v) is 5.82. The molecule has 1 aliphatic rings. The Morgan fingerprint density at radius 1 is 1.15 bits per heavy atom. The molecule has 1 atom stereocenters. The average molecular weight is 373 g/mol. The van der Waals surface area contributed by atoms with Crippen molar-refractivity contribution in [3.8, 4) is 6.07 Å². The standard InChI is InChI=1S/C22H19N3OS/c23-14-16-6-8-18(9-7-16)24-21(26)15-25-12-10-20-19(11-13-27-20)22(25)17-4-2-1-3-5-17/h1-9,11,13,22H,10,12,15H2,(H,24,26). The van der Waals surface area contributed by atoms with Gasteiger partial charge in [0, 0.05) is 17.1 Å². The van der Waals surface area contributed by atoms with E-state index in [-0.39, 0.29) is 11.9 Å². The second-order valence-corrected chi connectivity index (χ2v) is 7.57. The van der Waals surface area contributed by atoms with Crippen LogP contribution in [0.4, 0.5) is 5.69 Å². The maximum atomic E-state index is 12.6. The highest BCUT2D eigenvalue weighted by Gasteiger charge is 2.30. The molecule has 0 fully saturated rings. The molecule has 0 saturated carbocycles. The zero-order valence-electron chi connectivity index (χ0n) is 14.8. The molecule has 5 heteroatoms. The molecule has 0 bridgehead atoms. The smallest absolute Gasteiger partial charge is 0.238 e. The van der Waals surface area contributed by atoms with Crippen molar-refractivity contribution >= 4 is 22.9 Å². The molecule has 1 N–H and O–H groups in total. The first-order valence-corrected chi connectivity index (χ1v) is 9.78. The highest BCUT2D eigenvalue weighted by Crippen LogP contribution is 2.37. The van der Waals surface area contributed by atoms with E-state index in [9.17, 15) is 4.79 Å². The fourth-order valence-electron chi connectivity index (χ4n) is 3.58. The molecular weight excluding hydrogens is 354 g/mol. The number of carbonyl (C=O) groups excluding carboxylic acids is 1. The van der Waals surface area contributed by atoms with Gasteiger partial charge in [-0.1, -0.05) is 30.3 Å². The van der Waals surface area contributed by atoms with Crippen LogP contribution in [0.3, 0.4) is 0 Å². The summed E-state index contributed by atoms with van der Waals surface area (Å²) in [7, 11) is 0. The summed E-state index contributed by atoms with van der Waals surface area (Å²) in [6, 6.07) is 21.7. The number of nitriles is 1. The maximum absolute atomic E-state index is 12.6. The summed E-state index contributed by atoms with van der Waals surface area (Å²) in [4.78, 5) is 16.3. The molecule has 0 saturated heterocycles. The van der Waals surface area contributed by atoms with Crippen LogP contribution in [0, 0.1) is 11.3 Å². The fourth-order valence-corrected chi connectivity index (χ4v) is 4.48. The highest BCUT2D eigenvalue weighted by atomic mass is 32.1. The van der Waals surface area contributed by atoms with Crippen LogP contribution in [0.5, 0.6) is 0 Å². The number of nitrogens with one attached hydrogen (secondary N) is 1. The molecule has 134 valence electrons. The third kappa shape index (κ3) is 3.77. The van der Waals surface area contributed by atoms with Gasteiger partial charge in [0.15, 0.2) is 0 Å². The molecule has 4 rings (SSSR count). The van der Waals surface area contributed by atoms with Gasteiger partial charge in [0.25, 0.3) is 0 Å². The van der Waals surface area contributed by atoms with E-state index in [2.05, 4.69) is 39.9 Å². The van der Waals surface area contributed by atoms with E-state index in [1.807, 2.05) is 18.2 Å². The number of benzene rings is 2. The Hall–Kier alpha value is -2.94. The van der Waals surface area contributed by atoms with E-state index < -0.39 is 0 Å². The maximum Gasteiger partial charge on any atom is 0.238 e. The molecule has 0 spiro atoms. The highest BCUT2D eigenvalue weighted by molar-refractivity contribution is 7.10. The lowest BCUT2D eigenvalue weighted by atomic mass is 9.93. The number of anilines is 1. The van der Waals surface area contributed by atoms with Gasteiger partial charge in [0.2, 0.25) is 5.91 Å². The first-order chi connectivity index (χ1) is 13.2. The minimum Gasteiger partial charge on any atom is -0.325 e. The SMILES string of the molecule is N#Cc1ccc(NC(=O)CN2CCc3sccc3C2c2ccccc2)cc1. The van der Waals surface area contributed by atoms with E-state index >= 15 is 0 Å². The number of carbonyl (C=O) groups is 1. The molecule has 1 aliphatic heterocycles. The molecule has 0 aliphatic carbocycles. The number of fused-ring (bicyclic) bond motifs is 1. The van der Waals surface area contributed by atoms with Gasteiger partial charge >= 0.3 is 0 Å². The van der Waals surface area contributed by atoms with Gasteiger partial charge in [-0.2, -0.15) is 5.26 Å². The summed E-state index contributed by atoms with van der Waals surface area (Å²) in [6.45, 7) is 1.18. The summed E-state index contributed by atoms with van der Waals surface area (Å²) in [6.07, 6.45) is 0.973. The normalized spacial score (nSPS) is 16.3. The first-order valence-electron chi connectivity index (χ1n) is 8.90. The largest absolute Gasteiger partial charge is 0.325 e. The molecule has 1 aromatic heterocycles. The van der Waals surface area contributed by atoms with Crippen molar-refractivity contribution < 1.29 is 4.79 Å². The lowest BCUT2D eigenvalue weighted by Gasteiger charge is -2.35. The van der Waals surface area contributed by atoms with Gasteiger partial charge in [0.1, 0.15) is 0 Å². The van der Waals surface area contributed by atoms with E-state index in [4.69, 9.17) is 5.26 Å². The summed E-state index contributed by atoms with van der Waals surface area (Å²) >= 11 is 1.80. The van der Waals surface area contributed by atoms with Gasteiger partial charge in [-0.05, 0) is 53.3 Å². The van der Waals surface area contributed by atoms with Crippen LogP contribution < -0.4 is 5.32 Å². The quantitative estimate of drug-likeness (QED) is 0.745. The van der Waals surface area contributed by atoms with Crippen LogP contribution >= 0.6 is 11.3 Å². The number of nitrogens with zero attached hydrogens (tertiary/aromatic N) is 2. The van der Waals surface area contributed by atoms with Crippen molar-refractivity contribution in [3.05, 3.63) is 87.6 Å². The van der Waals surface area contributed by atoms with Gasteiger partial charge in [-0.25, -0.2) is 0 Å². The molecule has 1 amide bonds. The number of amides is 1. The van der Waals surface area contributed by atoms with E-state index in [1.54, 1.807) is 35.6 Å². The molecule has 2 heterocycles. The average Bonchev–Trinajstić information content (AvgIpc) is 3.18. The number of hydrogen-bond donors (Lipinski definition) is 1. The zero-order chi connectivity index (χ0) is 18.6. The second kappa shape index (κ2) is 7.75. The number of rotatable bonds is 4. The van der Waals surface area contributed by atoms with Crippen LogP contribution in [0.2, 0.25) is 0 Å². The molecule has 4 nitrogen and oxygen atoms in total. The minimum absolute atomic E-state index is 0.0423. The molecule has 3 aromatic rings. The van der Waals surface area contributed by atoms with Gasteiger partial charge in [-0.3, -0.25) is 9.69 Å². The molecule has 1 unspecified atom stereocenters. The van der Waals surface area contributed by atoms with E-state index in [1.165, 1.54) is 16.0 Å². The van der Waals surface area contributed by atoms with Crippen molar-refractivity contribution in [1.29, 1.82) is 5.26 Å². The lowest BCUT2D eigenvalue weighted by Crippen LogP contribution is -2.40. The minimum atomic E-state index is -0.0423. The van der Waals surface area contributed by atoms with Crippen LogP contribution in [-0.4, -0.2) is 23.9 Å². The predicted octanol–water partition coefficient (Wildman–Crippen LogP) is 4.21. The molecule has 2 aromatic carbocycles. The Morgan fingerprint density at radius 2 is 1.93 bits per heavy atom. The second-order valence-electron chi connectivity index (χ2n) is 6.57. The van der Waals surface area contributed by atoms with Crippen LogP contribution in [-0.2, 0) is 11.2 Å². The van der Waals surface area contributed by atoms with Crippen LogP contribution in [0.1, 0.15) is 27.6 Å². The van der Waals surface area contributed by atoms with E-state index in [0.717, 1.165) is 13.0 Å². The lowest BCUT2D eigenvalue weighted by molar-refractivity contribution is -0.117. The van der Waals surface area contributed by atoms with Crippen LogP contribution in [0.25, 0.3) is 0 Å². The van der Waals surface area contributed by atoms with Gasteiger partial charge in [-0.15, -0.1) is 11.3 Å². The molecule has 0 radical (unpaired) electrons. The summed E-state index contributed by atoms with van der Waals surface area (Å²) < 4.78 is 0. The van der Waals surface area contributed by atoms with Crippen molar-refractivity contribution in [3.63, 3.8) is 0 Å². The number of hydrogen-bond acceptors (Lipinski definition) is 4. The Morgan fingerprint density at radius 3 is 2.67 bits per heavy atom. The first kappa shape index (κ1) is 17.5. The Labute approximate surface area is 162 Å². The van der Waals surface area contributed by atoms with E-state index in [0.29, 0.717) is 17.8 Å². The number of thiophene rings is 1. The molecule has 27 heavy (non-hydrogen) atoms. The monoisotopic (exact) mass is 373 g/mol. The predicted molar refractivity (Wildman–Crippen MR) is 108 cm³/mol. The fraction of sp³-hybridized carbons (Fsp3) is 0.182. The van der Waals surface area contributed by atoms with Crippen molar-refractivity contribution in [2.24, 2.45) is 0 Å². The van der Waals surface area contributed by atoms with Crippen molar-refractivity contribution in [2.75, 3.05) is 18.4 Å². The summed E-state index contributed by atoms with van der Waals surface area (Å²) in [5.41, 5.74) is 3.81. The summed E-state index contributed by atoms with van der Waals surface area (Å²) in [5.74, 6) is -0.0423. The Balaban J connectivity index is 1.53. The Bertz CT molecular complexity index is 973. The zero-order valence-corrected chi connectivity index (χ0v) is 15.6. The summed E-state index contributed by atoms with van der Waals surface area (Å²) in [5, 5.41) is 14.0.